The molecular weight excluding hydrogens is 240 g/mol. The number of amides is 1. The summed E-state index contributed by atoms with van der Waals surface area (Å²) >= 11 is 1.30. The van der Waals surface area contributed by atoms with Crippen LogP contribution in [0.5, 0.6) is 0 Å². The van der Waals surface area contributed by atoms with Crippen LogP contribution in [0.25, 0.3) is 0 Å². The Morgan fingerprint density at radius 1 is 1.65 bits per heavy atom. The number of anilines is 1. The Morgan fingerprint density at radius 3 is 3.00 bits per heavy atom. The Labute approximate surface area is 104 Å². The third-order valence-corrected chi connectivity index (χ3v) is 2.86. The number of hydrogen-bond donors (Lipinski definition) is 3. The van der Waals surface area contributed by atoms with Crippen LogP contribution in [0.2, 0.25) is 0 Å². The fraction of sp³-hybridized carbons (Fsp3) is 0.500. The second kappa shape index (κ2) is 6.97. The third kappa shape index (κ3) is 4.92. The average Bonchev–Trinajstić information content (AvgIpc) is 2.76. The molecule has 0 fully saturated rings. The summed E-state index contributed by atoms with van der Waals surface area (Å²) in [7, 11) is 0. The van der Waals surface area contributed by atoms with Gasteiger partial charge in [0.1, 0.15) is 0 Å². The highest BCUT2D eigenvalue weighted by Crippen LogP contribution is 2.15. The van der Waals surface area contributed by atoms with E-state index in [2.05, 4.69) is 15.6 Å². The number of aldehydes is 1. The largest absolute Gasteiger partial charge is 0.361 e. The first kappa shape index (κ1) is 13.6. The van der Waals surface area contributed by atoms with Gasteiger partial charge in [0.2, 0.25) is 5.91 Å². The fourth-order valence-electron chi connectivity index (χ4n) is 1.08. The van der Waals surface area contributed by atoms with E-state index in [0.29, 0.717) is 23.1 Å². The molecule has 94 valence electrons. The summed E-state index contributed by atoms with van der Waals surface area (Å²) in [6, 6.07) is -0.475. The van der Waals surface area contributed by atoms with Gasteiger partial charge in [-0.15, -0.1) is 0 Å². The van der Waals surface area contributed by atoms with E-state index < -0.39 is 6.04 Å². The second-order valence-corrected chi connectivity index (χ2v) is 4.61. The van der Waals surface area contributed by atoms with Crippen molar-refractivity contribution in [1.29, 1.82) is 0 Å². The van der Waals surface area contributed by atoms with E-state index in [1.54, 1.807) is 6.92 Å². The molecule has 7 heteroatoms. The molecule has 0 aromatic carbocycles. The molecular formula is C10H16N4O2S. The maximum absolute atomic E-state index is 11.1. The predicted molar refractivity (Wildman–Crippen MR) is 67.3 cm³/mol. The van der Waals surface area contributed by atoms with Crippen LogP contribution in [0.3, 0.4) is 0 Å². The van der Waals surface area contributed by atoms with E-state index in [1.165, 1.54) is 17.5 Å². The molecule has 1 atom stereocenters. The quantitative estimate of drug-likeness (QED) is 0.479. The molecule has 17 heavy (non-hydrogen) atoms. The van der Waals surface area contributed by atoms with Gasteiger partial charge in [-0.3, -0.25) is 9.59 Å². The van der Waals surface area contributed by atoms with E-state index in [0.717, 1.165) is 12.7 Å². The number of nitrogens with zero attached hydrogens (tertiary/aromatic N) is 1. The normalized spacial score (nSPS) is 11.9. The smallest absolute Gasteiger partial charge is 0.236 e. The van der Waals surface area contributed by atoms with Gasteiger partial charge >= 0.3 is 0 Å². The molecule has 0 aliphatic heterocycles. The van der Waals surface area contributed by atoms with Gasteiger partial charge in [0.05, 0.1) is 17.1 Å². The number of hydrogen-bond acceptors (Lipinski definition) is 6. The van der Waals surface area contributed by atoms with Crippen molar-refractivity contribution in [2.24, 2.45) is 5.73 Å². The van der Waals surface area contributed by atoms with Crippen LogP contribution in [0.4, 0.5) is 5.13 Å². The van der Waals surface area contributed by atoms with E-state index >= 15 is 0 Å². The van der Waals surface area contributed by atoms with Crippen molar-refractivity contribution < 1.29 is 9.59 Å². The van der Waals surface area contributed by atoms with Gasteiger partial charge in [0.15, 0.2) is 11.4 Å². The first-order valence-corrected chi connectivity index (χ1v) is 6.13. The second-order valence-electron chi connectivity index (χ2n) is 3.55. The molecule has 1 rings (SSSR count). The molecule has 1 aromatic rings. The lowest BCUT2D eigenvalue weighted by molar-refractivity contribution is -0.121. The Bertz CT molecular complexity index is 378. The summed E-state index contributed by atoms with van der Waals surface area (Å²) in [5, 5.41) is 6.49. The highest BCUT2D eigenvalue weighted by molar-refractivity contribution is 7.17. The van der Waals surface area contributed by atoms with E-state index in [4.69, 9.17) is 5.73 Å². The van der Waals surface area contributed by atoms with Gasteiger partial charge < -0.3 is 16.4 Å². The number of thiazole rings is 1. The monoisotopic (exact) mass is 256 g/mol. The van der Waals surface area contributed by atoms with Gasteiger partial charge in [-0.2, -0.15) is 0 Å². The molecule has 0 spiro atoms. The van der Waals surface area contributed by atoms with E-state index in [-0.39, 0.29) is 5.91 Å². The molecule has 6 nitrogen and oxygen atoms in total. The van der Waals surface area contributed by atoms with Crippen LogP contribution in [0, 0.1) is 0 Å². The van der Waals surface area contributed by atoms with Crippen molar-refractivity contribution in [3.05, 3.63) is 11.1 Å². The Balaban J connectivity index is 2.12. The Hall–Kier alpha value is -1.47. The van der Waals surface area contributed by atoms with Gasteiger partial charge in [0.25, 0.3) is 0 Å². The van der Waals surface area contributed by atoms with Gasteiger partial charge in [0, 0.05) is 13.1 Å². The maximum Gasteiger partial charge on any atom is 0.236 e. The summed E-state index contributed by atoms with van der Waals surface area (Å²) in [5.41, 5.74) is 5.39. The summed E-state index contributed by atoms with van der Waals surface area (Å²) in [5.74, 6) is -0.150. The summed E-state index contributed by atoms with van der Waals surface area (Å²) in [4.78, 5) is 26.1. The van der Waals surface area contributed by atoms with Crippen molar-refractivity contribution >= 4 is 28.7 Å². The van der Waals surface area contributed by atoms with Gasteiger partial charge in [-0.25, -0.2) is 4.98 Å². The lowest BCUT2D eigenvalue weighted by Crippen LogP contribution is -2.39. The van der Waals surface area contributed by atoms with Crippen molar-refractivity contribution in [2.75, 3.05) is 18.4 Å². The molecule has 1 aromatic heterocycles. The minimum absolute atomic E-state index is 0.150. The van der Waals surface area contributed by atoms with E-state index in [1.807, 2.05) is 0 Å². The van der Waals surface area contributed by atoms with Crippen LogP contribution in [0.1, 0.15) is 23.0 Å². The molecule has 0 saturated carbocycles. The fourth-order valence-corrected chi connectivity index (χ4v) is 1.74. The molecule has 0 radical (unpaired) electrons. The highest BCUT2D eigenvalue weighted by atomic mass is 32.1. The standard InChI is InChI=1S/C10H16N4O2S/c1-7(11)9(16)12-3-2-4-13-10-14-5-8(6-15)17-10/h5-7H,2-4,11H2,1H3,(H,12,16)(H,13,14). The SMILES string of the molecule is CC(N)C(=O)NCCCNc1ncc(C=O)s1. The summed E-state index contributed by atoms with van der Waals surface area (Å²) in [6.45, 7) is 2.90. The first-order valence-electron chi connectivity index (χ1n) is 5.31. The zero-order valence-electron chi connectivity index (χ0n) is 9.60. The minimum atomic E-state index is -0.475. The number of aromatic nitrogens is 1. The van der Waals surface area contributed by atoms with Crippen molar-refractivity contribution in [2.45, 2.75) is 19.4 Å². The van der Waals surface area contributed by atoms with E-state index in [9.17, 15) is 9.59 Å². The van der Waals surface area contributed by atoms with Crippen LogP contribution in [-0.4, -0.2) is 36.3 Å². The van der Waals surface area contributed by atoms with Crippen molar-refractivity contribution in [3.8, 4) is 0 Å². The molecule has 1 heterocycles. The average molecular weight is 256 g/mol. The molecule has 1 unspecified atom stereocenters. The predicted octanol–water partition coefficient (Wildman–Crippen LogP) is 0.221. The lowest BCUT2D eigenvalue weighted by atomic mass is 10.3. The molecule has 0 aliphatic rings. The molecule has 4 N–H and O–H groups in total. The lowest BCUT2D eigenvalue weighted by Gasteiger charge is -2.07. The summed E-state index contributed by atoms with van der Waals surface area (Å²) < 4.78 is 0. The van der Waals surface area contributed by atoms with Crippen LogP contribution < -0.4 is 16.4 Å². The topological polar surface area (TPSA) is 97.1 Å². The number of nitrogens with one attached hydrogen (secondary N) is 2. The minimum Gasteiger partial charge on any atom is -0.361 e. The zero-order chi connectivity index (χ0) is 12.7. The molecule has 0 saturated heterocycles. The van der Waals surface area contributed by atoms with Gasteiger partial charge in [-0.1, -0.05) is 11.3 Å². The number of nitrogens with two attached hydrogens (primary N) is 1. The number of carbonyl (C=O) groups is 2. The van der Waals surface area contributed by atoms with Gasteiger partial charge in [-0.05, 0) is 13.3 Å². The molecule has 0 aliphatic carbocycles. The van der Waals surface area contributed by atoms with Crippen molar-refractivity contribution in [3.63, 3.8) is 0 Å². The molecule has 1 amide bonds. The Kier molecular flexibility index (Phi) is 5.58. The van der Waals surface area contributed by atoms with Crippen LogP contribution >= 0.6 is 11.3 Å². The van der Waals surface area contributed by atoms with Crippen LogP contribution in [0.15, 0.2) is 6.20 Å². The Morgan fingerprint density at radius 2 is 2.41 bits per heavy atom. The van der Waals surface area contributed by atoms with Crippen LogP contribution in [-0.2, 0) is 4.79 Å². The number of carbonyl (C=O) groups excluding carboxylic acids is 2. The van der Waals surface area contributed by atoms with Crippen molar-refractivity contribution in [1.82, 2.24) is 10.3 Å². The first-order chi connectivity index (χ1) is 8.13. The molecule has 0 bridgehead atoms. The highest BCUT2D eigenvalue weighted by Gasteiger charge is 2.05. The number of rotatable bonds is 7. The third-order valence-electron chi connectivity index (χ3n) is 1.98. The zero-order valence-corrected chi connectivity index (χ0v) is 10.4. The summed E-state index contributed by atoms with van der Waals surface area (Å²) in [6.07, 6.45) is 3.07. The maximum atomic E-state index is 11.1.